The normalized spacial score (nSPS) is 13.0. The third-order valence-electron chi connectivity index (χ3n) is 3.48. The average molecular weight is 285 g/mol. The summed E-state index contributed by atoms with van der Waals surface area (Å²) < 4.78 is 11.1. The van der Waals surface area contributed by atoms with Gasteiger partial charge in [-0.05, 0) is 42.7 Å². The largest absolute Gasteiger partial charge is 0.486 e. The van der Waals surface area contributed by atoms with Crippen LogP contribution in [0.2, 0.25) is 0 Å². The molecule has 3 N–H and O–H groups in total. The summed E-state index contributed by atoms with van der Waals surface area (Å²) in [4.78, 5) is 4.26. The molecule has 0 saturated carbocycles. The highest BCUT2D eigenvalue weighted by Crippen LogP contribution is 2.30. The first kappa shape index (κ1) is 13.5. The monoisotopic (exact) mass is 285 g/mol. The Kier molecular flexibility index (Phi) is 3.81. The number of hydrogen-bond acceptors (Lipinski definition) is 5. The fourth-order valence-corrected chi connectivity index (χ4v) is 2.24. The molecular formula is C16H19N3O2. The second-order valence-corrected chi connectivity index (χ2v) is 5.08. The molecule has 1 aliphatic rings. The van der Waals surface area contributed by atoms with Gasteiger partial charge in [0.05, 0.1) is 11.9 Å². The number of aromatic nitrogens is 1. The number of nitrogen functional groups attached to an aromatic ring is 1. The van der Waals surface area contributed by atoms with Crippen molar-refractivity contribution in [2.45, 2.75) is 13.3 Å². The van der Waals surface area contributed by atoms with Gasteiger partial charge in [-0.3, -0.25) is 0 Å². The number of nitrogens with two attached hydrogens (primary N) is 1. The quantitative estimate of drug-likeness (QED) is 0.902. The minimum Gasteiger partial charge on any atom is -0.486 e. The van der Waals surface area contributed by atoms with Crippen molar-refractivity contribution < 1.29 is 9.47 Å². The Morgan fingerprint density at radius 1 is 1.19 bits per heavy atom. The minimum atomic E-state index is 0.614. The van der Waals surface area contributed by atoms with Crippen LogP contribution >= 0.6 is 0 Å². The van der Waals surface area contributed by atoms with E-state index in [0.717, 1.165) is 35.8 Å². The standard InChI is InChI=1S/C16H19N3O2/c1-11-8-16(19-10-13(11)17)18-5-4-12-2-3-14-15(9-12)21-7-6-20-14/h2-3,8-10H,4-7,17H2,1H3,(H,18,19). The molecule has 5 nitrogen and oxygen atoms in total. The molecule has 0 saturated heterocycles. The number of rotatable bonds is 4. The molecule has 2 aromatic rings. The van der Waals surface area contributed by atoms with E-state index in [0.29, 0.717) is 18.9 Å². The van der Waals surface area contributed by atoms with Crippen molar-refractivity contribution in [2.75, 3.05) is 30.8 Å². The fourth-order valence-electron chi connectivity index (χ4n) is 2.24. The van der Waals surface area contributed by atoms with E-state index in [4.69, 9.17) is 15.2 Å². The maximum atomic E-state index is 5.76. The summed E-state index contributed by atoms with van der Waals surface area (Å²) in [5, 5.41) is 3.30. The zero-order valence-corrected chi connectivity index (χ0v) is 12.1. The molecule has 5 heteroatoms. The number of benzene rings is 1. The van der Waals surface area contributed by atoms with Gasteiger partial charge in [-0.15, -0.1) is 0 Å². The van der Waals surface area contributed by atoms with Crippen molar-refractivity contribution in [1.29, 1.82) is 0 Å². The van der Waals surface area contributed by atoms with Crippen LogP contribution in [0, 0.1) is 6.92 Å². The van der Waals surface area contributed by atoms with E-state index in [-0.39, 0.29) is 0 Å². The molecule has 0 amide bonds. The molecule has 0 fully saturated rings. The average Bonchev–Trinajstić information content (AvgIpc) is 2.51. The number of pyridine rings is 1. The predicted molar refractivity (Wildman–Crippen MR) is 83.0 cm³/mol. The van der Waals surface area contributed by atoms with E-state index in [9.17, 15) is 0 Å². The summed E-state index contributed by atoms with van der Waals surface area (Å²) in [7, 11) is 0. The number of hydrogen-bond donors (Lipinski definition) is 2. The first-order valence-corrected chi connectivity index (χ1v) is 7.07. The Labute approximate surface area is 124 Å². The summed E-state index contributed by atoms with van der Waals surface area (Å²) in [6.45, 7) is 4.01. The van der Waals surface area contributed by atoms with E-state index in [1.54, 1.807) is 6.20 Å². The van der Waals surface area contributed by atoms with E-state index in [1.165, 1.54) is 5.56 Å². The molecule has 0 aliphatic carbocycles. The van der Waals surface area contributed by atoms with Crippen LogP contribution in [0.4, 0.5) is 11.5 Å². The summed E-state index contributed by atoms with van der Waals surface area (Å²) >= 11 is 0. The van der Waals surface area contributed by atoms with Gasteiger partial charge in [0.2, 0.25) is 0 Å². The van der Waals surface area contributed by atoms with Gasteiger partial charge in [-0.1, -0.05) is 6.07 Å². The molecular weight excluding hydrogens is 266 g/mol. The number of nitrogens with one attached hydrogen (secondary N) is 1. The lowest BCUT2D eigenvalue weighted by atomic mass is 10.1. The zero-order valence-electron chi connectivity index (χ0n) is 12.1. The van der Waals surface area contributed by atoms with Crippen molar-refractivity contribution in [3.63, 3.8) is 0 Å². The highest BCUT2D eigenvalue weighted by molar-refractivity contribution is 5.51. The first-order valence-electron chi connectivity index (χ1n) is 7.07. The van der Waals surface area contributed by atoms with Crippen LogP contribution in [0.25, 0.3) is 0 Å². The Morgan fingerprint density at radius 3 is 2.81 bits per heavy atom. The maximum absolute atomic E-state index is 5.76. The van der Waals surface area contributed by atoms with Crippen LogP contribution in [-0.4, -0.2) is 24.7 Å². The SMILES string of the molecule is Cc1cc(NCCc2ccc3c(c2)OCCO3)ncc1N. The highest BCUT2D eigenvalue weighted by Gasteiger charge is 2.11. The van der Waals surface area contributed by atoms with Gasteiger partial charge in [0.15, 0.2) is 11.5 Å². The molecule has 1 aromatic heterocycles. The van der Waals surface area contributed by atoms with Gasteiger partial charge >= 0.3 is 0 Å². The molecule has 3 rings (SSSR count). The highest BCUT2D eigenvalue weighted by atomic mass is 16.6. The fraction of sp³-hybridized carbons (Fsp3) is 0.312. The van der Waals surface area contributed by atoms with E-state index in [1.807, 2.05) is 25.1 Å². The number of anilines is 2. The lowest BCUT2D eigenvalue weighted by Crippen LogP contribution is -2.15. The third-order valence-corrected chi connectivity index (χ3v) is 3.48. The van der Waals surface area contributed by atoms with Crippen LogP contribution in [0.3, 0.4) is 0 Å². The molecule has 1 aromatic carbocycles. The number of fused-ring (bicyclic) bond motifs is 1. The lowest BCUT2D eigenvalue weighted by molar-refractivity contribution is 0.171. The summed E-state index contributed by atoms with van der Waals surface area (Å²) in [6.07, 6.45) is 2.57. The van der Waals surface area contributed by atoms with Gasteiger partial charge < -0.3 is 20.5 Å². The van der Waals surface area contributed by atoms with Crippen LogP contribution < -0.4 is 20.5 Å². The van der Waals surface area contributed by atoms with Crippen molar-refractivity contribution >= 4 is 11.5 Å². The van der Waals surface area contributed by atoms with Crippen molar-refractivity contribution in [3.8, 4) is 11.5 Å². The summed E-state index contributed by atoms with van der Waals surface area (Å²) in [6, 6.07) is 8.03. The van der Waals surface area contributed by atoms with Gasteiger partial charge in [-0.2, -0.15) is 0 Å². The van der Waals surface area contributed by atoms with Crippen molar-refractivity contribution in [2.24, 2.45) is 0 Å². The Balaban J connectivity index is 1.58. The molecule has 0 bridgehead atoms. The molecule has 0 unspecified atom stereocenters. The van der Waals surface area contributed by atoms with Crippen molar-refractivity contribution in [1.82, 2.24) is 4.98 Å². The first-order chi connectivity index (χ1) is 10.2. The number of aryl methyl sites for hydroxylation is 1. The minimum absolute atomic E-state index is 0.614. The second kappa shape index (κ2) is 5.91. The van der Waals surface area contributed by atoms with E-state index in [2.05, 4.69) is 16.4 Å². The Hall–Kier alpha value is -2.43. The lowest BCUT2D eigenvalue weighted by Gasteiger charge is -2.19. The maximum Gasteiger partial charge on any atom is 0.161 e. The van der Waals surface area contributed by atoms with Gasteiger partial charge in [-0.25, -0.2) is 4.98 Å². The smallest absolute Gasteiger partial charge is 0.161 e. The molecule has 110 valence electrons. The van der Waals surface area contributed by atoms with Crippen LogP contribution in [-0.2, 0) is 6.42 Å². The van der Waals surface area contributed by atoms with Gasteiger partial charge in [0.25, 0.3) is 0 Å². The molecule has 1 aliphatic heterocycles. The molecule has 21 heavy (non-hydrogen) atoms. The van der Waals surface area contributed by atoms with Crippen LogP contribution in [0.5, 0.6) is 11.5 Å². The summed E-state index contributed by atoms with van der Waals surface area (Å²) in [5.41, 5.74) is 8.71. The second-order valence-electron chi connectivity index (χ2n) is 5.08. The number of nitrogens with zero attached hydrogens (tertiary/aromatic N) is 1. The molecule has 0 radical (unpaired) electrons. The Morgan fingerprint density at radius 2 is 2.00 bits per heavy atom. The van der Waals surface area contributed by atoms with Crippen molar-refractivity contribution in [3.05, 3.63) is 41.6 Å². The van der Waals surface area contributed by atoms with E-state index >= 15 is 0 Å². The topological polar surface area (TPSA) is 69.4 Å². The molecule has 2 heterocycles. The van der Waals surface area contributed by atoms with E-state index < -0.39 is 0 Å². The van der Waals surface area contributed by atoms with Crippen LogP contribution in [0.1, 0.15) is 11.1 Å². The van der Waals surface area contributed by atoms with Crippen LogP contribution in [0.15, 0.2) is 30.5 Å². The molecule has 0 atom stereocenters. The molecule has 0 spiro atoms. The van der Waals surface area contributed by atoms with Gasteiger partial charge in [0, 0.05) is 6.54 Å². The predicted octanol–water partition coefficient (Wildman–Crippen LogP) is 2.40. The Bertz CT molecular complexity index is 643. The number of ether oxygens (including phenoxy) is 2. The zero-order chi connectivity index (χ0) is 14.7. The third kappa shape index (κ3) is 3.18. The van der Waals surface area contributed by atoms with Gasteiger partial charge in [0.1, 0.15) is 19.0 Å². The summed E-state index contributed by atoms with van der Waals surface area (Å²) in [5.74, 6) is 2.51.